The Morgan fingerprint density at radius 1 is 1.28 bits per heavy atom. The summed E-state index contributed by atoms with van der Waals surface area (Å²) >= 11 is 1.49. The second-order valence-electron chi connectivity index (χ2n) is 4.04. The number of benzene rings is 1. The van der Waals surface area contributed by atoms with Crippen LogP contribution in [0.1, 0.15) is 13.8 Å². The summed E-state index contributed by atoms with van der Waals surface area (Å²) in [6.45, 7) is 4.08. The topological polar surface area (TPSA) is 65.4 Å². The van der Waals surface area contributed by atoms with E-state index < -0.39 is 0 Å². The minimum absolute atomic E-state index is 0. The van der Waals surface area contributed by atoms with Gasteiger partial charge in [0.2, 0.25) is 0 Å². The summed E-state index contributed by atoms with van der Waals surface area (Å²) in [6.07, 6.45) is 0. The van der Waals surface area contributed by atoms with Crippen LogP contribution in [-0.4, -0.2) is 21.2 Å². The number of rotatable bonds is 3. The third-order valence-electron chi connectivity index (χ3n) is 2.17. The molecule has 98 valence electrons. The first-order valence-corrected chi connectivity index (χ1v) is 6.18. The fourth-order valence-electron chi connectivity index (χ4n) is 1.45. The Hall–Kier alpha value is -1.46. The number of nitrogens with one attached hydrogen (secondary N) is 1. The average Bonchev–Trinajstić information content (AvgIpc) is 2.65. The molecule has 0 bridgehead atoms. The fourth-order valence-corrected chi connectivity index (χ4v) is 2.31. The molecule has 1 heterocycles. The highest BCUT2D eigenvalue weighted by Gasteiger charge is 2.09. The number of nitrogens with zero attached hydrogens (tertiary/aromatic N) is 1. The molecular formula is C12H15ClN2O2S. The molecule has 0 saturated heterocycles. The van der Waals surface area contributed by atoms with Crippen LogP contribution in [-0.2, 0) is 0 Å². The van der Waals surface area contributed by atoms with Crippen molar-refractivity contribution in [1.82, 2.24) is 4.98 Å². The van der Waals surface area contributed by atoms with Gasteiger partial charge < -0.3 is 15.5 Å². The van der Waals surface area contributed by atoms with E-state index in [0.717, 1.165) is 5.13 Å². The van der Waals surface area contributed by atoms with Crippen LogP contribution in [0.5, 0.6) is 11.5 Å². The van der Waals surface area contributed by atoms with E-state index in [0.29, 0.717) is 17.3 Å². The third-order valence-corrected chi connectivity index (χ3v) is 2.95. The number of thiazole rings is 1. The second kappa shape index (κ2) is 5.93. The van der Waals surface area contributed by atoms with Crippen LogP contribution < -0.4 is 5.32 Å². The van der Waals surface area contributed by atoms with Crippen molar-refractivity contribution < 1.29 is 10.2 Å². The van der Waals surface area contributed by atoms with Gasteiger partial charge in [0.25, 0.3) is 0 Å². The summed E-state index contributed by atoms with van der Waals surface area (Å²) in [4.78, 5) is 4.38. The van der Waals surface area contributed by atoms with Gasteiger partial charge in [0.15, 0.2) is 5.13 Å². The van der Waals surface area contributed by atoms with Gasteiger partial charge in [0.05, 0.1) is 5.69 Å². The molecule has 1 aromatic heterocycles. The lowest BCUT2D eigenvalue weighted by atomic mass is 10.1. The van der Waals surface area contributed by atoms with Gasteiger partial charge in [0, 0.05) is 23.1 Å². The highest BCUT2D eigenvalue weighted by Crippen LogP contribution is 2.33. The normalized spacial score (nSPS) is 10.2. The van der Waals surface area contributed by atoms with Gasteiger partial charge in [-0.1, -0.05) is 0 Å². The molecule has 6 heteroatoms. The molecule has 0 unspecified atom stereocenters. The molecule has 2 rings (SSSR count). The van der Waals surface area contributed by atoms with Crippen LogP contribution in [0.4, 0.5) is 5.13 Å². The average molecular weight is 287 g/mol. The summed E-state index contributed by atoms with van der Waals surface area (Å²) in [7, 11) is 0. The van der Waals surface area contributed by atoms with Gasteiger partial charge in [-0.15, -0.1) is 23.7 Å². The summed E-state index contributed by atoms with van der Waals surface area (Å²) in [5.41, 5.74) is 1.33. The first kappa shape index (κ1) is 14.6. The zero-order valence-electron chi connectivity index (χ0n) is 10.0. The molecule has 0 aliphatic carbocycles. The van der Waals surface area contributed by atoms with Crippen molar-refractivity contribution in [3.05, 3.63) is 23.6 Å². The molecule has 0 amide bonds. The fraction of sp³-hybridized carbons (Fsp3) is 0.250. The van der Waals surface area contributed by atoms with Gasteiger partial charge in [-0.25, -0.2) is 4.98 Å². The van der Waals surface area contributed by atoms with Gasteiger partial charge in [0.1, 0.15) is 11.5 Å². The van der Waals surface area contributed by atoms with E-state index in [2.05, 4.69) is 10.3 Å². The van der Waals surface area contributed by atoms with E-state index in [1.54, 1.807) is 6.07 Å². The zero-order valence-corrected chi connectivity index (χ0v) is 11.7. The minimum atomic E-state index is 0. The molecule has 0 aliphatic rings. The monoisotopic (exact) mass is 286 g/mol. The first-order chi connectivity index (χ1) is 8.06. The molecule has 1 aromatic carbocycles. The van der Waals surface area contributed by atoms with Crippen molar-refractivity contribution in [2.45, 2.75) is 19.9 Å². The van der Waals surface area contributed by atoms with E-state index in [9.17, 15) is 10.2 Å². The van der Waals surface area contributed by atoms with Crippen LogP contribution in [0.15, 0.2) is 23.6 Å². The van der Waals surface area contributed by atoms with Crippen molar-refractivity contribution in [1.29, 1.82) is 0 Å². The Labute approximate surface area is 116 Å². The maximum atomic E-state index is 9.72. The standard InChI is InChI=1S/C12H14N2O2S.ClH/c1-7(2)13-12-14-10(6-17-12)9-4-3-8(15)5-11(9)16;/h3-7,15-16H,1-2H3,(H,13,14);1H. The number of anilines is 1. The van der Waals surface area contributed by atoms with Gasteiger partial charge >= 0.3 is 0 Å². The first-order valence-electron chi connectivity index (χ1n) is 5.30. The lowest BCUT2D eigenvalue weighted by molar-refractivity contribution is 0.452. The van der Waals surface area contributed by atoms with Crippen molar-refractivity contribution in [3.8, 4) is 22.8 Å². The Balaban J connectivity index is 0.00000162. The smallest absolute Gasteiger partial charge is 0.183 e. The molecule has 3 N–H and O–H groups in total. The quantitative estimate of drug-likeness (QED) is 0.808. The Morgan fingerprint density at radius 2 is 2.00 bits per heavy atom. The molecule has 2 aromatic rings. The lowest BCUT2D eigenvalue weighted by Gasteiger charge is -2.05. The Morgan fingerprint density at radius 3 is 2.61 bits per heavy atom. The summed E-state index contributed by atoms with van der Waals surface area (Å²) < 4.78 is 0. The number of phenolic OH excluding ortho intramolecular Hbond substituents is 2. The number of aromatic hydroxyl groups is 2. The predicted molar refractivity (Wildman–Crippen MR) is 76.9 cm³/mol. The number of phenols is 2. The molecule has 0 radical (unpaired) electrons. The maximum absolute atomic E-state index is 9.72. The molecule has 0 atom stereocenters. The SMILES string of the molecule is CC(C)Nc1nc(-c2ccc(O)cc2O)cs1.Cl. The van der Waals surface area contributed by atoms with Crippen LogP contribution in [0.25, 0.3) is 11.3 Å². The highest BCUT2D eigenvalue weighted by molar-refractivity contribution is 7.14. The van der Waals surface area contributed by atoms with Crippen LogP contribution >= 0.6 is 23.7 Å². The number of halogens is 1. The summed E-state index contributed by atoms with van der Waals surface area (Å²) in [6, 6.07) is 4.81. The molecule has 4 nitrogen and oxygen atoms in total. The molecule has 0 spiro atoms. The van der Waals surface area contributed by atoms with Crippen molar-refractivity contribution in [2.75, 3.05) is 5.32 Å². The Kier molecular flexibility index (Phi) is 4.81. The number of hydrogen-bond acceptors (Lipinski definition) is 5. The van der Waals surface area contributed by atoms with Gasteiger partial charge in [-0.05, 0) is 26.0 Å². The number of aromatic nitrogens is 1. The van der Waals surface area contributed by atoms with Crippen LogP contribution in [0.3, 0.4) is 0 Å². The zero-order chi connectivity index (χ0) is 12.4. The summed E-state index contributed by atoms with van der Waals surface area (Å²) in [5, 5.41) is 24.8. The largest absolute Gasteiger partial charge is 0.508 e. The summed E-state index contributed by atoms with van der Waals surface area (Å²) in [5.74, 6) is 0.0772. The highest BCUT2D eigenvalue weighted by atomic mass is 35.5. The molecule has 18 heavy (non-hydrogen) atoms. The molecular weight excluding hydrogens is 272 g/mol. The molecule has 0 saturated carbocycles. The number of hydrogen-bond donors (Lipinski definition) is 3. The van der Waals surface area contributed by atoms with E-state index in [1.807, 2.05) is 19.2 Å². The van der Waals surface area contributed by atoms with Gasteiger partial charge in [-0.3, -0.25) is 0 Å². The van der Waals surface area contributed by atoms with Crippen LogP contribution in [0.2, 0.25) is 0 Å². The molecule has 0 aliphatic heterocycles. The molecule has 0 fully saturated rings. The van der Waals surface area contributed by atoms with E-state index in [4.69, 9.17) is 0 Å². The van der Waals surface area contributed by atoms with Crippen molar-refractivity contribution in [3.63, 3.8) is 0 Å². The Bertz CT molecular complexity index is 529. The predicted octanol–water partition coefficient (Wildman–Crippen LogP) is 3.46. The van der Waals surface area contributed by atoms with E-state index in [-0.39, 0.29) is 23.9 Å². The van der Waals surface area contributed by atoms with Crippen molar-refractivity contribution in [2.24, 2.45) is 0 Å². The minimum Gasteiger partial charge on any atom is -0.508 e. The van der Waals surface area contributed by atoms with E-state index >= 15 is 0 Å². The second-order valence-corrected chi connectivity index (χ2v) is 4.90. The van der Waals surface area contributed by atoms with E-state index in [1.165, 1.54) is 23.5 Å². The third kappa shape index (κ3) is 3.27. The maximum Gasteiger partial charge on any atom is 0.183 e. The van der Waals surface area contributed by atoms with Gasteiger partial charge in [-0.2, -0.15) is 0 Å². The lowest BCUT2D eigenvalue weighted by Crippen LogP contribution is -2.08. The van der Waals surface area contributed by atoms with Crippen molar-refractivity contribution >= 4 is 28.9 Å². The van der Waals surface area contributed by atoms with Crippen LogP contribution in [0, 0.1) is 0 Å².